The molecule has 0 aromatic heterocycles. The van der Waals surface area contributed by atoms with Crippen LogP contribution >= 0.6 is 0 Å². The molecule has 0 aliphatic carbocycles. The molecule has 2 amide bonds. The van der Waals surface area contributed by atoms with Crippen molar-refractivity contribution in [2.45, 2.75) is 32.6 Å². The second-order valence-electron chi connectivity index (χ2n) is 7.04. The smallest absolute Gasteiger partial charge is 0.260 e. The maximum absolute atomic E-state index is 12.4. The summed E-state index contributed by atoms with van der Waals surface area (Å²) in [5.74, 6) is 0.709. The van der Waals surface area contributed by atoms with E-state index in [1.54, 1.807) is 25.3 Å². The molecule has 0 atom stereocenters. The number of hydrogen-bond donors (Lipinski definition) is 1. The van der Waals surface area contributed by atoms with Gasteiger partial charge in [0.1, 0.15) is 0 Å². The molecule has 1 aliphatic rings. The summed E-state index contributed by atoms with van der Waals surface area (Å²) in [7, 11) is 1.63. The molecule has 0 saturated carbocycles. The van der Waals surface area contributed by atoms with E-state index >= 15 is 0 Å². The van der Waals surface area contributed by atoms with E-state index in [1.807, 2.05) is 11.8 Å². The lowest BCUT2D eigenvalue weighted by atomic mass is 10.1. The van der Waals surface area contributed by atoms with E-state index < -0.39 is 0 Å². The molecule has 1 aliphatic heterocycles. The Morgan fingerprint density at radius 3 is 2.57 bits per heavy atom. The van der Waals surface area contributed by atoms with Gasteiger partial charge in [-0.2, -0.15) is 0 Å². The van der Waals surface area contributed by atoms with Crippen LogP contribution in [-0.2, 0) is 14.3 Å². The van der Waals surface area contributed by atoms with E-state index in [0.29, 0.717) is 56.5 Å². The van der Waals surface area contributed by atoms with Crippen LogP contribution in [0.3, 0.4) is 0 Å². The van der Waals surface area contributed by atoms with Crippen molar-refractivity contribution in [2.75, 3.05) is 59.8 Å². The molecule has 2 rings (SSSR count). The summed E-state index contributed by atoms with van der Waals surface area (Å²) in [6.07, 6.45) is 3.97. The Morgan fingerprint density at radius 2 is 1.83 bits per heavy atom. The largest absolute Gasteiger partial charge is 0.490 e. The quantitative estimate of drug-likeness (QED) is 0.491. The Morgan fingerprint density at radius 1 is 1.03 bits per heavy atom. The van der Waals surface area contributed by atoms with Crippen molar-refractivity contribution in [1.29, 1.82) is 0 Å². The third-order valence-corrected chi connectivity index (χ3v) is 4.75. The highest BCUT2D eigenvalue weighted by Crippen LogP contribution is 2.28. The van der Waals surface area contributed by atoms with Crippen molar-refractivity contribution in [3.05, 3.63) is 23.8 Å². The SMILES string of the molecule is CCOc1cc(C(=O)NCCCOCCOC)ccc1OCC(=O)N1CCCCC1. The lowest BCUT2D eigenvalue weighted by Gasteiger charge is -2.26. The van der Waals surface area contributed by atoms with Crippen LogP contribution in [0.4, 0.5) is 0 Å². The molecule has 0 bridgehead atoms. The van der Waals surface area contributed by atoms with Gasteiger partial charge in [0.05, 0.1) is 19.8 Å². The number of benzene rings is 1. The topological polar surface area (TPSA) is 86.3 Å². The highest BCUT2D eigenvalue weighted by molar-refractivity contribution is 5.94. The molecule has 30 heavy (non-hydrogen) atoms. The molecule has 0 radical (unpaired) electrons. The molecular formula is C22H34N2O6. The molecule has 1 aromatic carbocycles. The number of rotatable bonds is 13. The fraction of sp³-hybridized carbons (Fsp3) is 0.636. The minimum absolute atomic E-state index is 0.0216. The second-order valence-corrected chi connectivity index (χ2v) is 7.04. The van der Waals surface area contributed by atoms with Crippen LogP contribution in [0.5, 0.6) is 11.5 Å². The van der Waals surface area contributed by atoms with E-state index in [0.717, 1.165) is 25.9 Å². The lowest BCUT2D eigenvalue weighted by Crippen LogP contribution is -2.38. The van der Waals surface area contributed by atoms with Gasteiger partial charge in [-0.3, -0.25) is 9.59 Å². The number of ether oxygens (including phenoxy) is 4. The van der Waals surface area contributed by atoms with Crippen molar-refractivity contribution < 1.29 is 28.5 Å². The molecule has 8 nitrogen and oxygen atoms in total. The third-order valence-electron chi connectivity index (χ3n) is 4.75. The van der Waals surface area contributed by atoms with Gasteiger partial charge in [0.25, 0.3) is 11.8 Å². The van der Waals surface area contributed by atoms with Gasteiger partial charge >= 0.3 is 0 Å². The van der Waals surface area contributed by atoms with Gasteiger partial charge < -0.3 is 29.2 Å². The first kappa shape index (κ1) is 24.0. The predicted octanol–water partition coefficient (Wildman–Crippen LogP) is 2.26. The molecule has 1 N–H and O–H groups in total. The second kappa shape index (κ2) is 13.8. The summed E-state index contributed by atoms with van der Waals surface area (Å²) < 4.78 is 21.6. The Labute approximate surface area is 178 Å². The maximum atomic E-state index is 12.4. The number of methoxy groups -OCH3 is 1. The van der Waals surface area contributed by atoms with E-state index in [4.69, 9.17) is 18.9 Å². The number of nitrogens with zero attached hydrogens (tertiary/aromatic N) is 1. The molecule has 0 spiro atoms. The first-order chi connectivity index (χ1) is 14.7. The molecule has 0 unspecified atom stereocenters. The molecule has 1 aromatic rings. The number of amides is 2. The highest BCUT2D eigenvalue weighted by atomic mass is 16.5. The summed E-state index contributed by atoms with van der Waals surface area (Å²) in [6, 6.07) is 5.00. The van der Waals surface area contributed by atoms with Crippen LogP contribution in [0.2, 0.25) is 0 Å². The van der Waals surface area contributed by atoms with Gasteiger partial charge in [-0.1, -0.05) is 0 Å². The van der Waals surface area contributed by atoms with E-state index in [9.17, 15) is 9.59 Å². The van der Waals surface area contributed by atoms with Crippen molar-refractivity contribution in [3.63, 3.8) is 0 Å². The van der Waals surface area contributed by atoms with Crippen molar-refractivity contribution >= 4 is 11.8 Å². The van der Waals surface area contributed by atoms with Crippen LogP contribution in [0, 0.1) is 0 Å². The zero-order chi connectivity index (χ0) is 21.6. The van der Waals surface area contributed by atoms with E-state index in [2.05, 4.69) is 5.32 Å². The Bertz CT molecular complexity index is 661. The van der Waals surface area contributed by atoms with E-state index in [-0.39, 0.29) is 18.4 Å². The van der Waals surface area contributed by atoms with Gasteiger partial charge in [0.15, 0.2) is 18.1 Å². The van der Waals surface area contributed by atoms with Crippen LogP contribution in [-0.4, -0.2) is 76.5 Å². The maximum Gasteiger partial charge on any atom is 0.260 e. The minimum Gasteiger partial charge on any atom is -0.490 e. The molecular weight excluding hydrogens is 388 g/mol. The minimum atomic E-state index is -0.191. The van der Waals surface area contributed by atoms with Gasteiger partial charge in [-0.05, 0) is 50.8 Å². The monoisotopic (exact) mass is 422 g/mol. The summed E-state index contributed by atoms with van der Waals surface area (Å²) in [5.41, 5.74) is 0.480. The summed E-state index contributed by atoms with van der Waals surface area (Å²) in [4.78, 5) is 26.6. The lowest BCUT2D eigenvalue weighted by molar-refractivity contribution is -0.134. The summed E-state index contributed by atoms with van der Waals surface area (Å²) in [6.45, 7) is 6.01. The van der Waals surface area contributed by atoms with Crippen molar-refractivity contribution in [1.82, 2.24) is 10.2 Å². The number of carbonyl (C=O) groups is 2. The molecule has 1 fully saturated rings. The van der Waals surface area contributed by atoms with Gasteiger partial charge in [-0.25, -0.2) is 0 Å². The standard InChI is InChI=1S/C22H34N2O6/c1-3-29-20-16-18(22(26)23-10-7-13-28-15-14-27-2)8-9-19(20)30-17-21(25)24-11-5-4-6-12-24/h8-9,16H,3-7,10-15,17H2,1-2H3,(H,23,26). The van der Waals surface area contributed by atoms with Crippen molar-refractivity contribution in [3.8, 4) is 11.5 Å². The summed E-state index contributed by atoms with van der Waals surface area (Å²) in [5, 5.41) is 2.86. The normalized spacial score (nSPS) is 13.7. The first-order valence-electron chi connectivity index (χ1n) is 10.7. The first-order valence-corrected chi connectivity index (χ1v) is 10.7. The highest BCUT2D eigenvalue weighted by Gasteiger charge is 2.18. The van der Waals surface area contributed by atoms with Crippen LogP contribution in [0.1, 0.15) is 43.0 Å². The fourth-order valence-electron chi connectivity index (χ4n) is 3.13. The molecule has 168 valence electrons. The average molecular weight is 423 g/mol. The Kier molecular flexibility index (Phi) is 11.0. The zero-order valence-corrected chi connectivity index (χ0v) is 18.1. The zero-order valence-electron chi connectivity index (χ0n) is 18.1. The van der Waals surface area contributed by atoms with Gasteiger partial charge in [-0.15, -0.1) is 0 Å². The third kappa shape index (κ3) is 8.20. The number of piperidine rings is 1. The van der Waals surface area contributed by atoms with Crippen LogP contribution < -0.4 is 14.8 Å². The number of hydrogen-bond acceptors (Lipinski definition) is 6. The van der Waals surface area contributed by atoms with Crippen LogP contribution in [0.15, 0.2) is 18.2 Å². The number of nitrogens with one attached hydrogen (secondary N) is 1. The molecule has 8 heteroatoms. The molecule has 1 heterocycles. The predicted molar refractivity (Wildman–Crippen MR) is 113 cm³/mol. The Hall–Kier alpha value is -2.32. The Balaban J connectivity index is 1.84. The number of likely N-dealkylation sites (tertiary alicyclic amines) is 1. The van der Waals surface area contributed by atoms with Gasteiger partial charge in [0, 0.05) is 38.9 Å². The van der Waals surface area contributed by atoms with Gasteiger partial charge in [0.2, 0.25) is 0 Å². The van der Waals surface area contributed by atoms with Crippen molar-refractivity contribution in [2.24, 2.45) is 0 Å². The summed E-state index contributed by atoms with van der Waals surface area (Å²) >= 11 is 0. The van der Waals surface area contributed by atoms with Crippen LogP contribution in [0.25, 0.3) is 0 Å². The molecule has 1 saturated heterocycles. The number of carbonyl (C=O) groups excluding carboxylic acids is 2. The van der Waals surface area contributed by atoms with E-state index in [1.165, 1.54) is 6.42 Å². The average Bonchev–Trinajstić information content (AvgIpc) is 2.78. The fourth-order valence-corrected chi connectivity index (χ4v) is 3.13.